The van der Waals surface area contributed by atoms with Gasteiger partial charge in [0.05, 0.1) is 12.1 Å². The molecule has 1 unspecified atom stereocenters. The number of rotatable bonds is 3. The molecule has 0 aliphatic carbocycles. The predicted octanol–water partition coefficient (Wildman–Crippen LogP) is 2.68. The molecule has 1 aliphatic rings. The van der Waals surface area contributed by atoms with Gasteiger partial charge < -0.3 is 14.3 Å². The van der Waals surface area contributed by atoms with Gasteiger partial charge >= 0.3 is 0 Å². The van der Waals surface area contributed by atoms with Crippen molar-refractivity contribution < 1.29 is 4.74 Å². The normalized spacial score (nSPS) is 26.0. The fraction of sp³-hybridized carbons (Fsp3) is 0.727. The maximum Gasteiger partial charge on any atom is 0.177 e. The largest absolute Gasteiger partial charge is 0.373 e. The van der Waals surface area contributed by atoms with Crippen LogP contribution in [0.3, 0.4) is 0 Å². The number of aromatic amines is 1. The zero-order valence-corrected chi connectivity index (χ0v) is 10.2. The number of imidazole rings is 1. The molecule has 0 bridgehead atoms. The Kier molecular flexibility index (Phi) is 2.98. The van der Waals surface area contributed by atoms with Gasteiger partial charge in [0, 0.05) is 18.5 Å². The summed E-state index contributed by atoms with van der Waals surface area (Å²) in [5.41, 5.74) is 1.24. The van der Waals surface area contributed by atoms with E-state index in [9.17, 15) is 0 Å². The highest BCUT2D eigenvalue weighted by molar-refractivity contribution is 7.71. The van der Waals surface area contributed by atoms with Crippen molar-refractivity contribution in [3.63, 3.8) is 0 Å². The molecule has 2 heterocycles. The zero-order valence-electron chi connectivity index (χ0n) is 9.38. The van der Waals surface area contributed by atoms with Gasteiger partial charge in [-0.3, -0.25) is 0 Å². The Morgan fingerprint density at radius 2 is 2.47 bits per heavy atom. The van der Waals surface area contributed by atoms with Crippen molar-refractivity contribution in [3.05, 3.63) is 16.7 Å². The van der Waals surface area contributed by atoms with Crippen molar-refractivity contribution >= 4 is 12.2 Å². The second-order valence-electron chi connectivity index (χ2n) is 4.43. The summed E-state index contributed by atoms with van der Waals surface area (Å²) < 4.78 is 8.76. The standard InChI is InChI=1S/C11H18N2OS/c1-3-9-7-12-10(15)13(9)8-11(2)5-4-6-14-11/h7H,3-6,8H2,1-2H3,(H,12,15). The minimum Gasteiger partial charge on any atom is -0.373 e. The molecule has 1 fully saturated rings. The fourth-order valence-corrected chi connectivity index (χ4v) is 2.43. The third-order valence-electron chi connectivity index (χ3n) is 3.11. The number of ether oxygens (including phenoxy) is 1. The van der Waals surface area contributed by atoms with E-state index >= 15 is 0 Å². The molecule has 1 saturated heterocycles. The van der Waals surface area contributed by atoms with E-state index in [1.165, 1.54) is 5.69 Å². The Labute approximate surface area is 95.5 Å². The van der Waals surface area contributed by atoms with Crippen molar-refractivity contribution in [2.24, 2.45) is 0 Å². The molecule has 0 spiro atoms. The summed E-state index contributed by atoms with van der Waals surface area (Å²) in [5.74, 6) is 0. The Bertz CT molecular complexity index is 388. The lowest BCUT2D eigenvalue weighted by Gasteiger charge is -2.24. The van der Waals surface area contributed by atoms with Gasteiger partial charge in [0.25, 0.3) is 0 Å². The van der Waals surface area contributed by atoms with Crippen LogP contribution >= 0.6 is 12.2 Å². The fourth-order valence-electron chi connectivity index (χ4n) is 2.19. The van der Waals surface area contributed by atoms with E-state index in [0.717, 1.165) is 37.2 Å². The van der Waals surface area contributed by atoms with E-state index in [1.807, 2.05) is 6.20 Å². The molecule has 0 aromatic carbocycles. The number of nitrogens with zero attached hydrogens (tertiary/aromatic N) is 1. The number of hydrogen-bond donors (Lipinski definition) is 1. The maximum atomic E-state index is 5.79. The molecule has 1 aliphatic heterocycles. The summed E-state index contributed by atoms with van der Waals surface area (Å²) in [5, 5.41) is 0. The van der Waals surface area contributed by atoms with E-state index in [2.05, 4.69) is 23.4 Å². The van der Waals surface area contributed by atoms with Gasteiger partial charge in [0.2, 0.25) is 0 Å². The quantitative estimate of drug-likeness (QED) is 0.803. The molecular weight excluding hydrogens is 208 g/mol. The lowest BCUT2D eigenvalue weighted by molar-refractivity contribution is 0.00542. The number of hydrogen-bond acceptors (Lipinski definition) is 2. The maximum absolute atomic E-state index is 5.79. The van der Waals surface area contributed by atoms with Crippen LogP contribution in [-0.4, -0.2) is 21.8 Å². The smallest absolute Gasteiger partial charge is 0.177 e. The van der Waals surface area contributed by atoms with Crippen LogP contribution in [0.15, 0.2) is 6.20 Å². The van der Waals surface area contributed by atoms with Crippen molar-refractivity contribution in [1.29, 1.82) is 0 Å². The highest BCUT2D eigenvalue weighted by Gasteiger charge is 2.30. The van der Waals surface area contributed by atoms with Crippen LogP contribution in [0, 0.1) is 4.77 Å². The minimum atomic E-state index is -0.0235. The van der Waals surface area contributed by atoms with Gasteiger partial charge in [-0.25, -0.2) is 0 Å². The first kappa shape index (κ1) is 10.9. The lowest BCUT2D eigenvalue weighted by atomic mass is 10.0. The Hall–Kier alpha value is -0.610. The first-order valence-electron chi connectivity index (χ1n) is 5.56. The van der Waals surface area contributed by atoms with Crippen molar-refractivity contribution in [2.45, 2.75) is 45.3 Å². The second-order valence-corrected chi connectivity index (χ2v) is 4.81. The monoisotopic (exact) mass is 226 g/mol. The third kappa shape index (κ3) is 2.16. The van der Waals surface area contributed by atoms with Crippen molar-refractivity contribution in [2.75, 3.05) is 6.61 Å². The number of nitrogens with one attached hydrogen (secondary N) is 1. The summed E-state index contributed by atoms with van der Waals surface area (Å²) in [7, 11) is 0. The first-order valence-corrected chi connectivity index (χ1v) is 5.96. The molecule has 4 heteroatoms. The van der Waals surface area contributed by atoms with Gasteiger partial charge in [-0.15, -0.1) is 0 Å². The summed E-state index contributed by atoms with van der Waals surface area (Å²) >= 11 is 5.28. The molecule has 0 radical (unpaired) electrons. The second kappa shape index (κ2) is 4.10. The van der Waals surface area contributed by atoms with E-state index in [1.54, 1.807) is 0 Å². The molecule has 0 saturated carbocycles. The van der Waals surface area contributed by atoms with Crippen LogP contribution in [0.4, 0.5) is 0 Å². The van der Waals surface area contributed by atoms with Gasteiger partial charge in [-0.05, 0) is 38.4 Å². The molecular formula is C11H18N2OS. The van der Waals surface area contributed by atoms with Crippen LogP contribution in [0.2, 0.25) is 0 Å². The van der Waals surface area contributed by atoms with Crippen molar-refractivity contribution in [3.8, 4) is 0 Å². The summed E-state index contributed by atoms with van der Waals surface area (Å²) in [6.07, 6.45) is 5.29. The minimum absolute atomic E-state index is 0.0235. The van der Waals surface area contributed by atoms with E-state index in [-0.39, 0.29) is 5.60 Å². The SMILES string of the molecule is CCc1c[nH]c(=S)n1CC1(C)CCCO1. The topological polar surface area (TPSA) is 29.9 Å². The molecule has 1 N–H and O–H groups in total. The van der Waals surface area contributed by atoms with Crippen LogP contribution in [0.25, 0.3) is 0 Å². The van der Waals surface area contributed by atoms with E-state index in [0.29, 0.717) is 0 Å². The number of aryl methyl sites for hydroxylation is 1. The van der Waals surface area contributed by atoms with E-state index in [4.69, 9.17) is 17.0 Å². The number of aromatic nitrogens is 2. The first-order chi connectivity index (χ1) is 7.14. The van der Waals surface area contributed by atoms with Gasteiger partial charge in [-0.1, -0.05) is 6.92 Å². The molecule has 0 amide bonds. The molecule has 2 rings (SSSR count). The zero-order chi connectivity index (χ0) is 10.9. The molecule has 84 valence electrons. The molecule has 1 atom stereocenters. The summed E-state index contributed by atoms with van der Waals surface area (Å²) in [4.78, 5) is 3.10. The summed E-state index contributed by atoms with van der Waals surface area (Å²) in [6, 6.07) is 0. The van der Waals surface area contributed by atoms with Crippen LogP contribution in [0.5, 0.6) is 0 Å². The summed E-state index contributed by atoms with van der Waals surface area (Å²) in [6.45, 7) is 6.08. The van der Waals surface area contributed by atoms with Gasteiger partial charge in [-0.2, -0.15) is 0 Å². The van der Waals surface area contributed by atoms with Crippen LogP contribution < -0.4 is 0 Å². The Balaban J connectivity index is 2.22. The van der Waals surface area contributed by atoms with Crippen LogP contribution in [-0.2, 0) is 17.7 Å². The predicted molar refractivity (Wildman–Crippen MR) is 62.6 cm³/mol. The molecule has 1 aromatic rings. The average Bonchev–Trinajstić information content (AvgIpc) is 2.76. The van der Waals surface area contributed by atoms with Crippen molar-refractivity contribution in [1.82, 2.24) is 9.55 Å². The average molecular weight is 226 g/mol. The van der Waals surface area contributed by atoms with Gasteiger partial charge in [0.1, 0.15) is 0 Å². The van der Waals surface area contributed by atoms with Gasteiger partial charge in [0.15, 0.2) is 4.77 Å². The highest BCUT2D eigenvalue weighted by Crippen LogP contribution is 2.27. The third-order valence-corrected chi connectivity index (χ3v) is 3.45. The highest BCUT2D eigenvalue weighted by atomic mass is 32.1. The molecule has 15 heavy (non-hydrogen) atoms. The van der Waals surface area contributed by atoms with Crippen LogP contribution in [0.1, 0.15) is 32.4 Å². The Morgan fingerprint density at radius 1 is 1.67 bits per heavy atom. The lowest BCUT2D eigenvalue weighted by Crippen LogP contribution is -2.30. The molecule has 3 nitrogen and oxygen atoms in total. The molecule has 1 aromatic heterocycles. The number of H-pyrrole nitrogens is 1. The Morgan fingerprint density at radius 3 is 3.07 bits per heavy atom. The van der Waals surface area contributed by atoms with E-state index < -0.39 is 0 Å².